The van der Waals surface area contributed by atoms with Gasteiger partial charge in [-0.15, -0.1) is 0 Å². The number of allylic oxidation sites excluding steroid dienone is 2. The molecule has 6 heteroatoms. The fourth-order valence-corrected chi connectivity index (χ4v) is 1.13. The lowest BCUT2D eigenvalue weighted by atomic mass is 10.4. The molecule has 0 spiro atoms. The van der Waals surface area contributed by atoms with E-state index >= 15 is 0 Å². The van der Waals surface area contributed by atoms with E-state index < -0.39 is 0 Å². The summed E-state index contributed by atoms with van der Waals surface area (Å²) in [5.41, 5.74) is -0.0932. The fourth-order valence-electron chi connectivity index (χ4n) is 0.980. The third kappa shape index (κ3) is 3.36. The topological polar surface area (TPSA) is 70.1 Å². The summed E-state index contributed by atoms with van der Waals surface area (Å²) in [6, 6.07) is 1.42. The number of nitrogens with zero attached hydrogens (tertiary/aromatic N) is 2. The van der Waals surface area contributed by atoms with Gasteiger partial charge < -0.3 is 5.32 Å². The first-order valence-electron chi connectivity index (χ1n) is 4.51. The van der Waals surface area contributed by atoms with E-state index in [1.165, 1.54) is 6.07 Å². The molecule has 0 saturated heterocycles. The maximum atomic E-state index is 11.4. The summed E-state index contributed by atoms with van der Waals surface area (Å²) >= 11 is 5.66. The Labute approximate surface area is 97.6 Å². The zero-order chi connectivity index (χ0) is 12.0. The Morgan fingerprint density at radius 3 is 3.12 bits per heavy atom. The molecular formula is C10H11ClN4O. The molecule has 2 N–H and O–H groups in total. The third-order valence-corrected chi connectivity index (χ3v) is 1.77. The fraction of sp³-hybridized carbons (Fsp3) is 0.100. The zero-order valence-corrected chi connectivity index (χ0v) is 9.45. The number of aromatic nitrogens is 2. The van der Waals surface area contributed by atoms with Gasteiger partial charge in [0.2, 0.25) is 0 Å². The van der Waals surface area contributed by atoms with Crippen LogP contribution in [0.4, 0.5) is 5.69 Å². The third-order valence-electron chi connectivity index (χ3n) is 1.58. The summed E-state index contributed by atoms with van der Waals surface area (Å²) in [6.45, 7) is 5.32. The number of hydrogen-bond donors (Lipinski definition) is 2. The van der Waals surface area contributed by atoms with Crippen molar-refractivity contribution in [2.75, 3.05) is 5.32 Å². The molecule has 0 atom stereocenters. The van der Waals surface area contributed by atoms with Gasteiger partial charge in [0, 0.05) is 12.3 Å². The molecule has 0 fully saturated rings. The van der Waals surface area contributed by atoms with Gasteiger partial charge >= 0.3 is 0 Å². The molecule has 0 bridgehead atoms. The van der Waals surface area contributed by atoms with E-state index in [0.29, 0.717) is 5.82 Å². The van der Waals surface area contributed by atoms with Crippen LogP contribution in [-0.2, 0) is 0 Å². The quantitative estimate of drug-likeness (QED) is 0.622. The lowest BCUT2D eigenvalue weighted by molar-refractivity contribution is 0.988. The summed E-state index contributed by atoms with van der Waals surface area (Å²) in [5, 5.41) is 8.81. The molecule has 1 aromatic heterocycles. The van der Waals surface area contributed by atoms with Crippen LogP contribution in [0.2, 0.25) is 5.15 Å². The van der Waals surface area contributed by atoms with Crippen molar-refractivity contribution in [3.63, 3.8) is 0 Å². The molecule has 0 aliphatic heterocycles. The van der Waals surface area contributed by atoms with Crippen molar-refractivity contribution >= 4 is 23.5 Å². The Hall–Kier alpha value is -1.88. The van der Waals surface area contributed by atoms with E-state index in [2.05, 4.69) is 27.1 Å². The summed E-state index contributed by atoms with van der Waals surface area (Å²) in [5.74, 6) is 0.491. The summed E-state index contributed by atoms with van der Waals surface area (Å²) in [6.07, 6.45) is 4.79. The predicted molar refractivity (Wildman–Crippen MR) is 65.9 cm³/mol. The lowest BCUT2D eigenvalue weighted by Gasteiger charge is -2.04. The van der Waals surface area contributed by atoms with Crippen molar-refractivity contribution in [1.29, 1.82) is 0 Å². The minimum Gasteiger partial charge on any atom is -0.336 e. The van der Waals surface area contributed by atoms with E-state index in [9.17, 15) is 4.79 Å². The molecule has 84 valence electrons. The molecule has 0 aliphatic carbocycles. The van der Waals surface area contributed by atoms with Gasteiger partial charge in [0.05, 0.1) is 0 Å². The molecule has 0 radical (unpaired) electrons. The van der Waals surface area contributed by atoms with Crippen LogP contribution in [0.3, 0.4) is 0 Å². The number of nitrogens with one attached hydrogen (secondary N) is 2. The highest BCUT2D eigenvalue weighted by atomic mass is 35.5. The Morgan fingerprint density at radius 1 is 1.75 bits per heavy atom. The van der Waals surface area contributed by atoms with Crippen molar-refractivity contribution in [2.45, 2.75) is 6.92 Å². The van der Waals surface area contributed by atoms with Crippen LogP contribution in [0.25, 0.3) is 0 Å². The molecular weight excluding hydrogens is 228 g/mol. The number of hydrogen-bond acceptors (Lipinski definition) is 4. The first-order chi connectivity index (χ1) is 7.67. The molecule has 0 saturated carbocycles. The monoisotopic (exact) mass is 238 g/mol. The second kappa shape index (κ2) is 5.87. The number of rotatable bonds is 4. The highest BCUT2D eigenvalue weighted by molar-refractivity contribution is 6.29. The van der Waals surface area contributed by atoms with Gasteiger partial charge in [-0.3, -0.25) is 4.79 Å². The van der Waals surface area contributed by atoms with Crippen molar-refractivity contribution in [1.82, 2.24) is 10.2 Å². The van der Waals surface area contributed by atoms with Gasteiger partial charge in [-0.1, -0.05) is 24.3 Å². The van der Waals surface area contributed by atoms with E-state index in [1.807, 2.05) is 0 Å². The number of halogens is 1. The molecule has 0 aromatic carbocycles. The summed E-state index contributed by atoms with van der Waals surface area (Å²) < 4.78 is 0. The van der Waals surface area contributed by atoms with Crippen molar-refractivity contribution in [3.05, 3.63) is 46.1 Å². The molecule has 5 nitrogen and oxygen atoms in total. The number of aliphatic imine (C=N–C) groups is 1. The highest BCUT2D eigenvalue weighted by Gasteiger charge is 2.02. The molecule has 1 aromatic rings. The van der Waals surface area contributed by atoms with E-state index in [1.54, 1.807) is 25.3 Å². The molecule has 1 heterocycles. The summed E-state index contributed by atoms with van der Waals surface area (Å²) in [4.78, 5) is 15.4. The van der Waals surface area contributed by atoms with Gasteiger partial charge in [0.15, 0.2) is 5.15 Å². The Balaban J connectivity index is 3.02. The van der Waals surface area contributed by atoms with Crippen molar-refractivity contribution < 1.29 is 0 Å². The molecule has 0 amide bonds. The highest BCUT2D eigenvalue weighted by Crippen LogP contribution is 2.09. The maximum Gasteiger partial charge on any atom is 0.287 e. The molecule has 0 unspecified atom stereocenters. The molecule has 0 aliphatic rings. The first-order valence-corrected chi connectivity index (χ1v) is 4.89. The van der Waals surface area contributed by atoms with Gasteiger partial charge in [-0.25, -0.2) is 10.1 Å². The van der Waals surface area contributed by atoms with Crippen LogP contribution in [0.15, 0.2) is 40.4 Å². The minimum absolute atomic E-state index is 0.195. The van der Waals surface area contributed by atoms with Gasteiger partial charge in [-0.2, -0.15) is 5.10 Å². The molecule has 1 rings (SSSR count). The second-order valence-electron chi connectivity index (χ2n) is 2.73. The average Bonchev–Trinajstić information content (AvgIpc) is 2.24. The number of aromatic amines is 1. The normalized spacial score (nSPS) is 11.8. The SMILES string of the molecule is C=C/C=C(\N=CC)Nc1cc(Cl)n[nH]c1=O. The zero-order valence-electron chi connectivity index (χ0n) is 8.70. The first kappa shape index (κ1) is 12.2. The smallest absolute Gasteiger partial charge is 0.287 e. The molecule has 16 heavy (non-hydrogen) atoms. The maximum absolute atomic E-state index is 11.4. The van der Waals surface area contributed by atoms with Gasteiger partial charge in [-0.05, 0) is 13.0 Å². The number of H-pyrrole nitrogens is 1. The van der Waals surface area contributed by atoms with Gasteiger partial charge in [0.25, 0.3) is 5.56 Å². The standard InChI is InChI=1S/C10H11ClN4O/c1-3-5-9(12-4-2)13-7-6-8(11)14-15-10(7)16/h3-6H,1H2,2H3,(H,13,14)(H,15,16)/b9-5+,12-4?. The summed E-state index contributed by atoms with van der Waals surface area (Å²) in [7, 11) is 0. The number of anilines is 1. The van der Waals surface area contributed by atoms with Crippen LogP contribution < -0.4 is 10.9 Å². The largest absolute Gasteiger partial charge is 0.336 e. The van der Waals surface area contributed by atoms with Crippen LogP contribution in [0, 0.1) is 0 Å². The lowest BCUT2D eigenvalue weighted by Crippen LogP contribution is -2.14. The van der Waals surface area contributed by atoms with Crippen LogP contribution in [0.1, 0.15) is 6.92 Å². The van der Waals surface area contributed by atoms with E-state index in [4.69, 9.17) is 11.6 Å². The van der Waals surface area contributed by atoms with Crippen LogP contribution >= 0.6 is 11.6 Å². The Bertz CT molecular complexity index is 490. The van der Waals surface area contributed by atoms with Crippen molar-refractivity contribution in [3.8, 4) is 0 Å². The van der Waals surface area contributed by atoms with Crippen LogP contribution in [-0.4, -0.2) is 16.4 Å². The van der Waals surface area contributed by atoms with E-state index in [-0.39, 0.29) is 16.4 Å². The second-order valence-corrected chi connectivity index (χ2v) is 3.12. The average molecular weight is 239 g/mol. The predicted octanol–water partition coefficient (Wildman–Crippen LogP) is 1.95. The minimum atomic E-state index is -0.370. The van der Waals surface area contributed by atoms with E-state index in [0.717, 1.165) is 0 Å². The van der Waals surface area contributed by atoms with Crippen LogP contribution in [0.5, 0.6) is 0 Å². The van der Waals surface area contributed by atoms with Crippen molar-refractivity contribution in [2.24, 2.45) is 4.99 Å². The Morgan fingerprint density at radius 2 is 2.50 bits per heavy atom. The Kier molecular flexibility index (Phi) is 4.47. The van der Waals surface area contributed by atoms with Gasteiger partial charge in [0.1, 0.15) is 11.5 Å².